The lowest BCUT2D eigenvalue weighted by atomic mass is 10.0. The summed E-state index contributed by atoms with van der Waals surface area (Å²) in [6, 6.07) is 0. The minimum atomic E-state index is -0.151. The van der Waals surface area contributed by atoms with Crippen molar-refractivity contribution in [1.29, 1.82) is 0 Å². The number of piperidine rings is 1. The van der Waals surface area contributed by atoms with E-state index in [-0.39, 0.29) is 17.9 Å². The van der Waals surface area contributed by atoms with Gasteiger partial charge in [-0.05, 0) is 38.8 Å². The second-order valence-electron chi connectivity index (χ2n) is 6.31. The number of aromatic amines is 1. The molecule has 1 aromatic heterocycles. The van der Waals surface area contributed by atoms with Gasteiger partial charge in [0.2, 0.25) is 5.91 Å². The molecule has 0 saturated carbocycles. The van der Waals surface area contributed by atoms with Gasteiger partial charge >= 0.3 is 0 Å². The van der Waals surface area contributed by atoms with Crippen LogP contribution < -0.4 is 16.2 Å². The minimum absolute atomic E-state index is 0.0452. The van der Waals surface area contributed by atoms with Gasteiger partial charge in [0.15, 0.2) is 0 Å². The Bertz CT molecular complexity index is 607. The van der Waals surface area contributed by atoms with Gasteiger partial charge < -0.3 is 15.5 Å². The van der Waals surface area contributed by atoms with E-state index in [1.165, 1.54) is 19.3 Å². The summed E-state index contributed by atoms with van der Waals surface area (Å²) >= 11 is 0. The molecule has 0 spiro atoms. The first-order valence-corrected chi connectivity index (χ1v) is 8.57. The second-order valence-corrected chi connectivity index (χ2v) is 6.31. The van der Waals surface area contributed by atoms with Gasteiger partial charge in [0, 0.05) is 25.2 Å². The summed E-state index contributed by atoms with van der Waals surface area (Å²) in [6.07, 6.45) is 5.70. The number of rotatable bonds is 5. The Labute approximate surface area is 135 Å². The van der Waals surface area contributed by atoms with Crippen LogP contribution in [0.3, 0.4) is 0 Å². The van der Waals surface area contributed by atoms with E-state index in [2.05, 4.69) is 25.7 Å². The number of fused-ring (bicyclic) bond motifs is 1. The van der Waals surface area contributed by atoms with E-state index < -0.39 is 0 Å². The van der Waals surface area contributed by atoms with Crippen molar-refractivity contribution in [2.45, 2.75) is 38.5 Å². The first kappa shape index (κ1) is 16.0. The van der Waals surface area contributed by atoms with Crippen LogP contribution in [0.2, 0.25) is 0 Å². The number of H-pyrrole nitrogens is 1. The van der Waals surface area contributed by atoms with Gasteiger partial charge in [-0.3, -0.25) is 9.59 Å². The number of likely N-dealkylation sites (tertiary alicyclic amines) is 1. The van der Waals surface area contributed by atoms with E-state index in [0.29, 0.717) is 12.2 Å². The van der Waals surface area contributed by atoms with E-state index in [1.807, 2.05) is 0 Å². The zero-order chi connectivity index (χ0) is 16.1. The quantitative estimate of drug-likeness (QED) is 0.725. The molecule has 2 aliphatic rings. The molecule has 3 heterocycles. The molecule has 0 unspecified atom stereocenters. The number of hydrogen-bond donors (Lipinski definition) is 3. The molecule has 2 aliphatic heterocycles. The van der Waals surface area contributed by atoms with Crippen molar-refractivity contribution in [2.24, 2.45) is 0 Å². The molecular formula is C16H25N5O2. The Balaban J connectivity index is 1.52. The molecule has 1 amide bonds. The van der Waals surface area contributed by atoms with Crippen LogP contribution in [-0.2, 0) is 17.6 Å². The number of anilines is 1. The molecule has 0 radical (unpaired) electrons. The Morgan fingerprint density at radius 3 is 2.87 bits per heavy atom. The predicted octanol–water partition coefficient (Wildman–Crippen LogP) is 0.273. The van der Waals surface area contributed by atoms with Crippen molar-refractivity contribution in [1.82, 2.24) is 20.4 Å². The maximum atomic E-state index is 12.1. The normalized spacial score (nSPS) is 18.1. The predicted molar refractivity (Wildman–Crippen MR) is 88.7 cm³/mol. The Morgan fingerprint density at radius 2 is 2.04 bits per heavy atom. The van der Waals surface area contributed by atoms with Gasteiger partial charge in [0.25, 0.3) is 5.56 Å². The Hall–Kier alpha value is -1.89. The number of nitrogens with zero attached hydrogens (tertiary/aromatic N) is 2. The molecule has 1 saturated heterocycles. The van der Waals surface area contributed by atoms with Gasteiger partial charge in [-0.1, -0.05) is 6.42 Å². The number of amides is 1. The summed E-state index contributed by atoms with van der Waals surface area (Å²) in [5.74, 6) is -0.0452. The van der Waals surface area contributed by atoms with Gasteiger partial charge in [-0.25, -0.2) is 5.10 Å². The van der Waals surface area contributed by atoms with E-state index in [0.717, 1.165) is 50.3 Å². The number of aromatic nitrogens is 2. The van der Waals surface area contributed by atoms with Crippen molar-refractivity contribution in [3.63, 3.8) is 0 Å². The fourth-order valence-corrected chi connectivity index (χ4v) is 3.33. The van der Waals surface area contributed by atoms with Crippen molar-refractivity contribution < 1.29 is 4.79 Å². The molecule has 1 fully saturated rings. The molecule has 0 aromatic carbocycles. The highest BCUT2D eigenvalue weighted by atomic mass is 16.1. The average molecular weight is 319 g/mol. The molecule has 7 heteroatoms. The van der Waals surface area contributed by atoms with Crippen LogP contribution in [-0.4, -0.2) is 53.7 Å². The summed E-state index contributed by atoms with van der Waals surface area (Å²) in [5, 5.41) is 12.7. The van der Waals surface area contributed by atoms with Crippen molar-refractivity contribution in [3.8, 4) is 0 Å². The summed E-state index contributed by atoms with van der Waals surface area (Å²) in [5.41, 5.74) is 1.96. The maximum absolute atomic E-state index is 12.1. The second kappa shape index (κ2) is 7.59. The third kappa shape index (κ3) is 4.10. The van der Waals surface area contributed by atoms with Crippen LogP contribution in [0.4, 0.5) is 5.69 Å². The van der Waals surface area contributed by atoms with Crippen molar-refractivity contribution in [2.75, 3.05) is 38.0 Å². The summed E-state index contributed by atoms with van der Waals surface area (Å²) < 4.78 is 0. The fourth-order valence-electron chi connectivity index (χ4n) is 3.33. The minimum Gasteiger partial charge on any atom is -0.383 e. The number of carbonyl (C=O) groups is 1. The zero-order valence-electron chi connectivity index (χ0n) is 13.5. The lowest BCUT2D eigenvalue weighted by molar-refractivity contribution is -0.120. The van der Waals surface area contributed by atoms with Crippen LogP contribution in [0.25, 0.3) is 0 Å². The molecule has 0 bridgehead atoms. The molecule has 7 nitrogen and oxygen atoms in total. The van der Waals surface area contributed by atoms with E-state index in [4.69, 9.17) is 0 Å². The zero-order valence-corrected chi connectivity index (χ0v) is 13.5. The number of hydrogen-bond acceptors (Lipinski definition) is 5. The van der Waals surface area contributed by atoms with E-state index in [9.17, 15) is 9.59 Å². The molecule has 23 heavy (non-hydrogen) atoms. The standard InChI is InChI=1S/C16H25N5O2/c22-14(17-7-10-21-8-2-1-3-9-21)11-13-15-12(5-4-6-18-15)16(23)20-19-13/h18H,1-11H2,(H,17,22)(H,20,23). The van der Waals surface area contributed by atoms with Crippen molar-refractivity contribution >= 4 is 11.6 Å². The molecular weight excluding hydrogens is 294 g/mol. The van der Waals surface area contributed by atoms with E-state index >= 15 is 0 Å². The first-order valence-electron chi connectivity index (χ1n) is 8.57. The Morgan fingerprint density at radius 1 is 1.22 bits per heavy atom. The summed E-state index contributed by atoms with van der Waals surface area (Å²) in [7, 11) is 0. The lowest BCUT2D eigenvalue weighted by Gasteiger charge is -2.26. The SMILES string of the molecule is O=C(Cc1n[nH]c(=O)c2c1NCCC2)NCCN1CCCCC1. The highest BCUT2D eigenvalue weighted by molar-refractivity contribution is 5.80. The molecule has 3 N–H and O–H groups in total. The van der Waals surface area contributed by atoms with Gasteiger partial charge in [-0.15, -0.1) is 0 Å². The summed E-state index contributed by atoms with van der Waals surface area (Å²) in [6.45, 7) is 4.66. The molecule has 126 valence electrons. The molecule has 1 aromatic rings. The monoisotopic (exact) mass is 319 g/mol. The van der Waals surface area contributed by atoms with Crippen LogP contribution in [0, 0.1) is 0 Å². The third-order valence-electron chi connectivity index (χ3n) is 4.59. The van der Waals surface area contributed by atoms with Gasteiger partial charge in [-0.2, -0.15) is 5.10 Å². The highest BCUT2D eigenvalue weighted by Crippen LogP contribution is 2.21. The van der Waals surface area contributed by atoms with Gasteiger partial charge in [0.05, 0.1) is 17.8 Å². The van der Waals surface area contributed by atoms with Crippen molar-refractivity contribution in [3.05, 3.63) is 21.6 Å². The molecule has 3 rings (SSSR count). The Kier molecular flexibility index (Phi) is 5.27. The van der Waals surface area contributed by atoms with Crippen LogP contribution in [0.1, 0.15) is 36.9 Å². The molecule has 0 atom stereocenters. The van der Waals surface area contributed by atoms with E-state index in [1.54, 1.807) is 0 Å². The average Bonchev–Trinajstić information content (AvgIpc) is 2.59. The first-order chi connectivity index (χ1) is 11.2. The lowest BCUT2D eigenvalue weighted by Crippen LogP contribution is -2.38. The van der Waals surface area contributed by atoms with Crippen LogP contribution >= 0.6 is 0 Å². The van der Waals surface area contributed by atoms with Crippen LogP contribution in [0.15, 0.2) is 4.79 Å². The number of nitrogens with one attached hydrogen (secondary N) is 3. The highest BCUT2D eigenvalue weighted by Gasteiger charge is 2.19. The summed E-state index contributed by atoms with van der Waals surface area (Å²) in [4.78, 5) is 26.3. The number of carbonyl (C=O) groups excluding carboxylic acids is 1. The third-order valence-corrected chi connectivity index (χ3v) is 4.59. The smallest absolute Gasteiger partial charge is 0.269 e. The van der Waals surface area contributed by atoms with Crippen LogP contribution in [0.5, 0.6) is 0 Å². The largest absolute Gasteiger partial charge is 0.383 e. The topological polar surface area (TPSA) is 90.1 Å². The molecule has 0 aliphatic carbocycles. The maximum Gasteiger partial charge on any atom is 0.269 e. The fraction of sp³-hybridized carbons (Fsp3) is 0.688. The van der Waals surface area contributed by atoms with Gasteiger partial charge in [0.1, 0.15) is 0 Å².